The zero-order chi connectivity index (χ0) is 12.3. The summed E-state index contributed by atoms with van der Waals surface area (Å²) in [5, 5.41) is 2.42. The Hall–Kier alpha value is -1.17. The molecule has 1 amide bonds. The van der Waals surface area contributed by atoms with Crippen molar-refractivity contribution in [2.75, 3.05) is 33.2 Å². The molecule has 92 valence electrons. The van der Waals surface area contributed by atoms with Gasteiger partial charge in [-0.2, -0.15) is 0 Å². The van der Waals surface area contributed by atoms with Crippen LogP contribution in [0.2, 0.25) is 5.02 Å². The van der Waals surface area contributed by atoms with E-state index >= 15 is 0 Å². The van der Waals surface area contributed by atoms with Crippen molar-refractivity contribution in [3.05, 3.63) is 29.0 Å². The van der Waals surface area contributed by atoms with E-state index in [-0.39, 0.29) is 5.91 Å². The molecular weight excluding hydrogens is 240 g/mol. The Morgan fingerprint density at radius 1 is 1.41 bits per heavy atom. The molecule has 2 rings (SSSR count). The van der Waals surface area contributed by atoms with E-state index in [9.17, 15) is 4.79 Å². The number of halogens is 1. The second-order valence-electron chi connectivity index (χ2n) is 4.09. The highest BCUT2D eigenvalue weighted by Gasteiger charge is 2.17. The van der Waals surface area contributed by atoms with E-state index in [2.05, 4.69) is 22.4 Å². The number of piperazine rings is 1. The largest absolute Gasteiger partial charge is 0.304 e. The average Bonchev–Trinajstić information content (AvgIpc) is 2.32. The number of pyridine rings is 1. The van der Waals surface area contributed by atoms with Crippen LogP contribution in [0.25, 0.3) is 0 Å². The van der Waals surface area contributed by atoms with Crippen molar-refractivity contribution in [2.24, 2.45) is 0 Å². The van der Waals surface area contributed by atoms with E-state index in [1.54, 1.807) is 12.1 Å². The number of carbonyl (C=O) groups excluding carboxylic acids is 1. The lowest BCUT2D eigenvalue weighted by molar-refractivity contribution is 0.0658. The Labute approximate surface area is 105 Å². The van der Waals surface area contributed by atoms with E-state index in [1.807, 2.05) is 5.01 Å². The molecule has 1 aliphatic rings. The van der Waals surface area contributed by atoms with Crippen LogP contribution in [0.1, 0.15) is 10.5 Å². The average molecular weight is 255 g/mol. The highest BCUT2D eigenvalue weighted by molar-refractivity contribution is 6.30. The lowest BCUT2D eigenvalue weighted by atomic mass is 10.3. The van der Waals surface area contributed by atoms with Gasteiger partial charge in [0.05, 0.1) is 0 Å². The van der Waals surface area contributed by atoms with Gasteiger partial charge in [0.25, 0.3) is 5.91 Å². The maximum Gasteiger partial charge on any atom is 0.284 e. The molecule has 0 saturated carbocycles. The third kappa shape index (κ3) is 3.39. The van der Waals surface area contributed by atoms with Gasteiger partial charge in [-0.15, -0.1) is 0 Å². The van der Waals surface area contributed by atoms with Crippen LogP contribution < -0.4 is 5.43 Å². The van der Waals surface area contributed by atoms with Crippen LogP contribution in [-0.4, -0.2) is 54.0 Å². The number of hydrazine groups is 1. The smallest absolute Gasteiger partial charge is 0.284 e. The quantitative estimate of drug-likeness (QED) is 0.841. The number of nitrogens with zero attached hydrogens (tertiary/aromatic N) is 3. The number of hydrogen-bond acceptors (Lipinski definition) is 4. The summed E-state index contributed by atoms with van der Waals surface area (Å²) in [4.78, 5) is 18.1. The van der Waals surface area contributed by atoms with Gasteiger partial charge in [-0.1, -0.05) is 11.6 Å². The molecule has 0 spiro atoms. The molecule has 0 aromatic carbocycles. The third-order valence-electron chi connectivity index (χ3n) is 2.72. The predicted octanol–water partition coefficient (Wildman–Crippen LogP) is 0.627. The summed E-state index contributed by atoms with van der Waals surface area (Å²) in [5.41, 5.74) is 3.17. The van der Waals surface area contributed by atoms with Crippen LogP contribution in [0.3, 0.4) is 0 Å². The first-order chi connectivity index (χ1) is 8.15. The van der Waals surface area contributed by atoms with Crippen LogP contribution in [0.15, 0.2) is 18.3 Å². The highest BCUT2D eigenvalue weighted by Crippen LogP contribution is 2.08. The molecule has 1 aromatic heterocycles. The summed E-state index contributed by atoms with van der Waals surface area (Å²) in [6.07, 6.45) is 1.53. The topological polar surface area (TPSA) is 48.5 Å². The molecule has 2 heterocycles. The van der Waals surface area contributed by atoms with Crippen molar-refractivity contribution in [3.63, 3.8) is 0 Å². The summed E-state index contributed by atoms with van der Waals surface area (Å²) in [7, 11) is 2.07. The summed E-state index contributed by atoms with van der Waals surface area (Å²) < 4.78 is 0. The van der Waals surface area contributed by atoms with Gasteiger partial charge in [0.2, 0.25) is 0 Å². The summed E-state index contributed by atoms with van der Waals surface area (Å²) in [5.74, 6) is -0.211. The number of nitrogens with one attached hydrogen (secondary N) is 1. The fraction of sp³-hybridized carbons (Fsp3) is 0.455. The standard InChI is InChI=1S/C11H15ClN4O/c1-15-4-6-16(7-5-15)14-11(17)10-8-9(12)2-3-13-10/h2-3,8H,4-7H2,1H3,(H,14,17). The molecular formula is C11H15ClN4O. The van der Waals surface area contributed by atoms with Crippen molar-refractivity contribution in [2.45, 2.75) is 0 Å². The SMILES string of the molecule is CN1CCN(NC(=O)c2cc(Cl)ccn2)CC1. The summed E-state index contributed by atoms with van der Waals surface area (Å²) in [6, 6.07) is 3.21. The van der Waals surface area contributed by atoms with Gasteiger partial charge >= 0.3 is 0 Å². The zero-order valence-corrected chi connectivity index (χ0v) is 10.4. The lowest BCUT2D eigenvalue weighted by Gasteiger charge is -2.32. The van der Waals surface area contributed by atoms with Crippen molar-refractivity contribution in [3.8, 4) is 0 Å². The number of carbonyl (C=O) groups is 1. The molecule has 0 radical (unpaired) electrons. The molecule has 1 aromatic rings. The summed E-state index contributed by atoms with van der Waals surface area (Å²) in [6.45, 7) is 3.54. The van der Waals surface area contributed by atoms with Gasteiger partial charge in [0, 0.05) is 37.4 Å². The maximum atomic E-state index is 11.9. The lowest BCUT2D eigenvalue weighted by Crippen LogP contribution is -2.52. The van der Waals surface area contributed by atoms with Crippen molar-refractivity contribution in [1.29, 1.82) is 0 Å². The number of likely N-dealkylation sites (N-methyl/N-ethyl adjacent to an activating group) is 1. The maximum absolute atomic E-state index is 11.9. The minimum atomic E-state index is -0.211. The van der Waals surface area contributed by atoms with E-state index in [0.717, 1.165) is 26.2 Å². The molecule has 6 heteroatoms. The Bertz CT molecular complexity index is 404. The number of aromatic nitrogens is 1. The monoisotopic (exact) mass is 254 g/mol. The second-order valence-corrected chi connectivity index (χ2v) is 4.53. The Kier molecular flexibility index (Phi) is 3.93. The first-order valence-electron chi connectivity index (χ1n) is 5.51. The van der Waals surface area contributed by atoms with Gasteiger partial charge in [-0.3, -0.25) is 15.2 Å². The molecule has 0 aliphatic carbocycles. The normalized spacial score (nSPS) is 18.0. The van der Waals surface area contributed by atoms with Crippen molar-refractivity contribution < 1.29 is 4.79 Å². The van der Waals surface area contributed by atoms with Crippen molar-refractivity contribution >= 4 is 17.5 Å². The molecule has 1 N–H and O–H groups in total. The number of rotatable bonds is 2. The summed E-state index contributed by atoms with van der Waals surface area (Å²) >= 11 is 5.81. The molecule has 1 aliphatic heterocycles. The fourth-order valence-electron chi connectivity index (χ4n) is 1.65. The van der Waals surface area contributed by atoms with Gasteiger partial charge < -0.3 is 4.90 Å². The molecule has 1 fully saturated rings. The minimum absolute atomic E-state index is 0.211. The van der Waals surface area contributed by atoms with Gasteiger partial charge in [0.15, 0.2) is 0 Å². The first kappa shape index (κ1) is 12.3. The van der Waals surface area contributed by atoms with E-state index < -0.39 is 0 Å². The van der Waals surface area contributed by atoms with E-state index in [1.165, 1.54) is 6.20 Å². The molecule has 0 bridgehead atoms. The second kappa shape index (κ2) is 5.44. The van der Waals surface area contributed by atoms with Crippen LogP contribution in [0, 0.1) is 0 Å². The van der Waals surface area contributed by atoms with Crippen LogP contribution >= 0.6 is 11.6 Å². The molecule has 1 saturated heterocycles. The third-order valence-corrected chi connectivity index (χ3v) is 2.95. The Morgan fingerprint density at radius 2 is 2.12 bits per heavy atom. The first-order valence-corrected chi connectivity index (χ1v) is 5.89. The van der Waals surface area contributed by atoms with Gasteiger partial charge in [0.1, 0.15) is 5.69 Å². The van der Waals surface area contributed by atoms with Gasteiger partial charge in [-0.25, -0.2) is 5.01 Å². The molecule has 0 atom stereocenters. The Balaban J connectivity index is 1.93. The predicted molar refractivity (Wildman–Crippen MR) is 65.8 cm³/mol. The molecule has 17 heavy (non-hydrogen) atoms. The van der Waals surface area contributed by atoms with Gasteiger partial charge in [-0.05, 0) is 19.2 Å². The van der Waals surface area contributed by atoms with Crippen LogP contribution in [-0.2, 0) is 0 Å². The van der Waals surface area contributed by atoms with Crippen LogP contribution in [0.4, 0.5) is 0 Å². The minimum Gasteiger partial charge on any atom is -0.304 e. The number of amides is 1. The van der Waals surface area contributed by atoms with Crippen molar-refractivity contribution in [1.82, 2.24) is 20.3 Å². The zero-order valence-electron chi connectivity index (χ0n) is 9.69. The highest BCUT2D eigenvalue weighted by atomic mass is 35.5. The molecule has 5 nitrogen and oxygen atoms in total. The van der Waals surface area contributed by atoms with Crippen LogP contribution in [0.5, 0.6) is 0 Å². The number of hydrogen-bond donors (Lipinski definition) is 1. The van der Waals surface area contributed by atoms with E-state index in [0.29, 0.717) is 10.7 Å². The Morgan fingerprint density at radius 3 is 2.76 bits per heavy atom. The van der Waals surface area contributed by atoms with E-state index in [4.69, 9.17) is 11.6 Å². The molecule has 0 unspecified atom stereocenters. The fourth-order valence-corrected chi connectivity index (χ4v) is 1.81.